The third kappa shape index (κ3) is 7.98. The molecule has 0 fully saturated rings. The minimum absolute atomic E-state index is 1.14. The Hall–Kier alpha value is -11.6. The number of para-hydroxylation sites is 4. The van der Waals surface area contributed by atoms with Crippen LogP contribution in [0.3, 0.4) is 0 Å². The molecule has 19 rings (SSSR count). The van der Waals surface area contributed by atoms with Gasteiger partial charge in [-0.3, -0.25) is 0 Å². The fourth-order valence-electron chi connectivity index (χ4n) is 14.7. The Kier molecular flexibility index (Phi) is 11.2. The van der Waals surface area contributed by atoms with Gasteiger partial charge in [-0.05, 0) is 199 Å². The summed E-state index contributed by atoms with van der Waals surface area (Å²) in [7, 11) is 0. The summed E-state index contributed by atoms with van der Waals surface area (Å²) in [5.41, 5.74) is 22.8. The van der Waals surface area contributed by atoms with Gasteiger partial charge in [0.05, 0.1) is 33.1 Å². The normalized spacial score (nSPS) is 12.0. The number of hydrogen-bond donors (Lipinski definition) is 0. The Balaban J connectivity index is 0.596. The molecular formula is C86H53N3S. The predicted octanol–water partition coefficient (Wildman–Crippen LogP) is 24.0. The monoisotopic (exact) mass is 1160 g/mol. The molecule has 3 nitrogen and oxygen atoms in total. The van der Waals surface area contributed by atoms with Crippen LogP contribution in [0.4, 0.5) is 0 Å². The molecule has 4 heterocycles. The van der Waals surface area contributed by atoms with Crippen LogP contribution < -0.4 is 0 Å². The highest BCUT2D eigenvalue weighted by Crippen LogP contribution is 2.43. The van der Waals surface area contributed by atoms with Crippen molar-refractivity contribution in [2.24, 2.45) is 0 Å². The lowest BCUT2D eigenvalue weighted by Crippen LogP contribution is -1.94. The molecule has 4 heteroatoms. The van der Waals surface area contributed by atoms with Crippen molar-refractivity contribution in [3.63, 3.8) is 0 Å². The van der Waals surface area contributed by atoms with E-state index in [0.717, 1.165) is 11.4 Å². The summed E-state index contributed by atoms with van der Waals surface area (Å²) in [6.45, 7) is 0. The third-order valence-electron chi connectivity index (χ3n) is 19.0. The van der Waals surface area contributed by atoms with Crippen LogP contribution >= 0.6 is 11.3 Å². The van der Waals surface area contributed by atoms with E-state index in [1.807, 2.05) is 11.3 Å². The fraction of sp³-hybridized carbons (Fsp3) is 0. The third-order valence-corrected chi connectivity index (χ3v) is 20.2. The number of fused-ring (bicyclic) bond motifs is 15. The maximum absolute atomic E-state index is 2.44. The van der Waals surface area contributed by atoms with Crippen molar-refractivity contribution in [3.8, 4) is 72.7 Å². The number of thiophene rings is 1. The summed E-state index contributed by atoms with van der Waals surface area (Å²) in [5.74, 6) is 0. The van der Waals surface area contributed by atoms with Crippen LogP contribution in [0.5, 0.6) is 0 Å². The molecule has 0 saturated heterocycles. The molecule has 0 unspecified atom stereocenters. The number of hydrogen-bond acceptors (Lipinski definition) is 1. The molecular weight excluding hydrogens is 1110 g/mol. The SMILES string of the molecule is c1ccc(-c2ccc3sc4ccc(-c5ccc6c(c5)c5ccccc5n6-c5ccc(-c6ccc(-c7ccc8c(ccc9cc(-n%10c%11ccccc%11c%11cc(-c%12ccc%13c(c%12)c%12ccccc%12n%13-c%12ccccc%12)ccc%11%10)ccc98)c7)cc6)cc5)cc4c3c2)cc1. The molecule has 0 N–H and O–H groups in total. The van der Waals surface area contributed by atoms with Gasteiger partial charge in [-0.15, -0.1) is 11.3 Å². The van der Waals surface area contributed by atoms with Crippen LogP contribution in [-0.2, 0) is 0 Å². The average Bonchev–Trinajstić information content (AvgIpc) is 2.77. The van der Waals surface area contributed by atoms with Gasteiger partial charge in [0.25, 0.3) is 0 Å². The highest BCUT2D eigenvalue weighted by atomic mass is 32.1. The van der Waals surface area contributed by atoms with E-state index in [9.17, 15) is 0 Å². The zero-order chi connectivity index (χ0) is 59.0. The van der Waals surface area contributed by atoms with E-state index in [4.69, 9.17) is 0 Å². The summed E-state index contributed by atoms with van der Waals surface area (Å²) in [4.78, 5) is 0. The molecule has 15 aromatic carbocycles. The number of aromatic nitrogens is 3. The molecule has 0 atom stereocenters. The number of nitrogens with zero attached hydrogens (tertiary/aromatic N) is 3. The molecule has 418 valence electrons. The van der Waals surface area contributed by atoms with Gasteiger partial charge in [0.15, 0.2) is 0 Å². The van der Waals surface area contributed by atoms with Gasteiger partial charge in [-0.25, -0.2) is 0 Å². The minimum atomic E-state index is 1.14. The van der Waals surface area contributed by atoms with E-state index in [-0.39, 0.29) is 0 Å². The number of benzene rings is 15. The van der Waals surface area contributed by atoms with Gasteiger partial charge < -0.3 is 13.7 Å². The van der Waals surface area contributed by atoms with Crippen LogP contribution in [0, 0.1) is 0 Å². The Morgan fingerprint density at radius 1 is 0.167 bits per heavy atom. The molecule has 0 aliphatic rings. The van der Waals surface area contributed by atoms with Crippen LogP contribution in [0.25, 0.3) is 180 Å². The number of rotatable bonds is 8. The molecule has 0 aliphatic carbocycles. The van der Waals surface area contributed by atoms with E-state index >= 15 is 0 Å². The minimum Gasteiger partial charge on any atom is -0.309 e. The van der Waals surface area contributed by atoms with Crippen molar-refractivity contribution in [1.82, 2.24) is 13.7 Å². The van der Waals surface area contributed by atoms with Crippen LogP contribution in [-0.4, -0.2) is 13.7 Å². The highest BCUT2D eigenvalue weighted by molar-refractivity contribution is 7.25. The van der Waals surface area contributed by atoms with E-state index in [0.29, 0.717) is 0 Å². The fourth-order valence-corrected chi connectivity index (χ4v) is 15.7. The summed E-state index contributed by atoms with van der Waals surface area (Å²) in [6, 6.07) is 119. The Labute approximate surface area is 523 Å². The van der Waals surface area contributed by atoms with Gasteiger partial charge >= 0.3 is 0 Å². The van der Waals surface area contributed by atoms with E-state index < -0.39 is 0 Å². The average molecular weight is 1160 g/mol. The summed E-state index contributed by atoms with van der Waals surface area (Å²) in [5, 5.41) is 15.1. The lowest BCUT2D eigenvalue weighted by Gasteiger charge is -2.12. The first-order chi connectivity index (χ1) is 44.6. The Morgan fingerprint density at radius 2 is 0.478 bits per heavy atom. The highest BCUT2D eigenvalue weighted by Gasteiger charge is 2.19. The van der Waals surface area contributed by atoms with Crippen molar-refractivity contribution in [2.75, 3.05) is 0 Å². The lowest BCUT2D eigenvalue weighted by atomic mass is 9.96. The second-order valence-corrected chi connectivity index (χ2v) is 25.1. The second-order valence-electron chi connectivity index (χ2n) is 24.0. The summed E-state index contributed by atoms with van der Waals surface area (Å²) in [6.07, 6.45) is 0. The zero-order valence-electron chi connectivity index (χ0n) is 48.8. The predicted molar refractivity (Wildman–Crippen MR) is 385 cm³/mol. The molecule has 0 bridgehead atoms. The first-order valence-electron chi connectivity index (χ1n) is 30.9. The van der Waals surface area contributed by atoms with E-state index in [1.54, 1.807) is 0 Å². The maximum Gasteiger partial charge on any atom is 0.0541 e. The zero-order valence-corrected chi connectivity index (χ0v) is 49.7. The molecule has 0 aliphatic heterocycles. The standard InChI is InChI=1S/C86H53N3S/c1-3-13-54(14-4-1)59-35-45-85-77(52-59)78-53-63(36-46-86(78)90-85)62-33-43-83-75(51-62)72-18-8-11-21-80(72)88(83)67-37-29-56(30-38-67)55-23-25-57(26-24-55)58-31-40-69-64(47-58)27-28-65-48-68(39-41-70(65)69)89-81-22-12-9-19-73(81)76-50-61(34-44-84(76)89)60-32-42-82-74(49-60)71-17-7-10-20-79(71)87(82)66-15-5-2-6-16-66/h1-53H. The van der Waals surface area contributed by atoms with Gasteiger partial charge in [0.2, 0.25) is 0 Å². The largest absolute Gasteiger partial charge is 0.309 e. The molecule has 90 heavy (non-hydrogen) atoms. The first-order valence-corrected chi connectivity index (χ1v) is 31.8. The molecule has 0 saturated carbocycles. The lowest BCUT2D eigenvalue weighted by molar-refractivity contribution is 1.18. The molecule has 19 aromatic rings. The Morgan fingerprint density at radius 3 is 0.989 bits per heavy atom. The van der Waals surface area contributed by atoms with Crippen LogP contribution in [0.1, 0.15) is 0 Å². The second kappa shape index (κ2) is 20.0. The van der Waals surface area contributed by atoms with Gasteiger partial charge in [-0.2, -0.15) is 0 Å². The topological polar surface area (TPSA) is 14.8 Å². The molecule has 4 aromatic heterocycles. The summed E-state index contributed by atoms with van der Waals surface area (Å²) >= 11 is 1.87. The van der Waals surface area contributed by atoms with Gasteiger partial charge in [0.1, 0.15) is 0 Å². The van der Waals surface area contributed by atoms with Crippen molar-refractivity contribution < 1.29 is 0 Å². The summed E-state index contributed by atoms with van der Waals surface area (Å²) < 4.78 is 9.86. The molecule has 0 spiro atoms. The van der Waals surface area contributed by atoms with Gasteiger partial charge in [-0.1, -0.05) is 200 Å². The van der Waals surface area contributed by atoms with Crippen LogP contribution in [0.15, 0.2) is 322 Å². The van der Waals surface area contributed by atoms with Gasteiger partial charge in [0, 0.05) is 69.6 Å². The maximum atomic E-state index is 2.44. The van der Waals surface area contributed by atoms with Crippen molar-refractivity contribution in [3.05, 3.63) is 322 Å². The molecule has 0 amide bonds. The first kappa shape index (κ1) is 50.6. The molecule has 0 radical (unpaired) electrons. The van der Waals surface area contributed by atoms with Crippen molar-refractivity contribution in [1.29, 1.82) is 0 Å². The van der Waals surface area contributed by atoms with Crippen LogP contribution in [0.2, 0.25) is 0 Å². The smallest absolute Gasteiger partial charge is 0.0541 e. The quantitative estimate of drug-likeness (QED) is 0.135. The Bertz CT molecular complexity index is 6120. The van der Waals surface area contributed by atoms with E-state index in [2.05, 4.69) is 335 Å². The van der Waals surface area contributed by atoms with Crippen molar-refractivity contribution in [2.45, 2.75) is 0 Å². The van der Waals surface area contributed by atoms with E-state index in [1.165, 1.54) is 168 Å². The van der Waals surface area contributed by atoms with Crippen molar-refractivity contribution >= 4 is 118 Å².